The number of carbonyl (C=O) groups is 1. The highest BCUT2D eigenvalue weighted by Crippen LogP contribution is 2.25. The maximum atomic E-state index is 10.8. The Labute approximate surface area is 111 Å². The number of ether oxygens (including phenoxy) is 1. The van der Waals surface area contributed by atoms with Crippen LogP contribution in [0.2, 0.25) is 0 Å². The van der Waals surface area contributed by atoms with E-state index in [1.165, 1.54) is 0 Å². The molecule has 1 heterocycles. The van der Waals surface area contributed by atoms with E-state index in [2.05, 4.69) is 5.10 Å². The fourth-order valence-corrected chi connectivity index (χ4v) is 2.06. The van der Waals surface area contributed by atoms with Crippen LogP contribution in [0.1, 0.15) is 17.0 Å². The second kappa shape index (κ2) is 5.14. The highest BCUT2D eigenvalue weighted by molar-refractivity contribution is 5.71. The number of carboxylic acids is 1. The molecule has 1 N–H and O–H groups in total. The zero-order valence-corrected chi connectivity index (χ0v) is 11.2. The van der Waals surface area contributed by atoms with Crippen molar-refractivity contribution in [3.05, 3.63) is 41.2 Å². The predicted octanol–water partition coefficient (Wildman–Crippen LogP) is 2.12. The van der Waals surface area contributed by atoms with Gasteiger partial charge in [0.2, 0.25) is 0 Å². The molecule has 0 fully saturated rings. The number of hydrogen-bond acceptors (Lipinski definition) is 3. The SMILES string of the molecule is COc1ccc(CC(=O)O)cc1-n1nc(C)cc1C. The molecule has 0 unspecified atom stereocenters. The molecule has 19 heavy (non-hydrogen) atoms. The molecule has 0 aliphatic heterocycles. The van der Waals surface area contributed by atoms with Gasteiger partial charge in [-0.05, 0) is 37.6 Å². The van der Waals surface area contributed by atoms with E-state index in [9.17, 15) is 4.79 Å². The minimum Gasteiger partial charge on any atom is -0.494 e. The first-order valence-electron chi connectivity index (χ1n) is 5.93. The summed E-state index contributed by atoms with van der Waals surface area (Å²) in [5.74, 6) is -0.190. The molecule has 0 atom stereocenters. The van der Waals surface area contributed by atoms with E-state index >= 15 is 0 Å². The number of carboxylic acid groups (broad SMARTS) is 1. The summed E-state index contributed by atoms with van der Waals surface area (Å²) in [6, 6.07) is 7.28. The zero-order chi connectivity index (χ0) is 14.0. The molecule has 1 aromatic heterocycles. The third-order valence-electron chi connectivity index (χ3n) is 2.84. The Morgan fingerprint density at radius 2 is 2.11 bits per heavy atom. The summed E-state index contributed by atoms with van der Waals surface area (Å²) in [6.45, 7) is 3.86. The Morgan fingerprint density at radius 1 is 1.37 bits per heavy atom. The molecule has 5 nitrogen and oxygen atoms in total. The van der Waals surface area contributed by atoms with Gasteiger partial charge in [-0.1, -0.05) is 6.07 Å². The molecule has 0 aliphatic carbocycles. The van der Waals surface area contributed by atoms with Crippen molar-refractivity contribution in [2.24, 2.45) is 0 Å². The molecule has 0 spiro atoms. The van der Waals surface area contributed by atoms with Crippen molar-refractivity contribution in [1.29, 1.82) is 0 Å². The lowest BCUT2D eigenvalue weighted by Crippen LogP contribution is -2.05. The van der Waals surface area contributed by atoms with Crippen molar-refractivity contribution in [2.75, 3.05) is 7.11 Å². The first-order valence-corrected chi connectivity index (χ1v) is 5.93. The Morgan fingerprint density at radius 3 is 2.63 bits per heavy atom. The normalized spacial score (nSPS) is 10.5. The molecule has 2 rings (SSSR count). The molecule has 5 heteroatoms. The van der Waals surface area contributed by atoms with Crippen LogP contribution in [0.5, 0.6) is 5.75 Å². The molecular formula is C14H16N2O3. The van der Waals surface area contributed by atoms with E-state index in [0.717, 1.165) is 22.6 Å². The maximum absolute atomic E-state index is 10.8. The molecule has 0 saturated heterocycles. The largest absolute Gasteiger partial charge is 0.494 e. The van der Waals surface area contributed by atoms with Crippen molar-refractivity contribution in [3.8, 4) is 11.4 Å². The molecule has 0 saturated carbocycles. The smallest absolute Gasteiger partial charge is 0.307 e. The van der Waals surface area contributed by atoms with Gasteiger partial charge in [-0.25, -0.2) is 4.68 Å². The number of methoxy groups -OCH3 is 1. The van der Waals surface area contributed by atoms with Gasteiger partial charge in [-0.3, -0.25) is 4.79 Å². The van der Waals surface area contributed by atoms with Gasteiger partial charge in [0.05, 0.1) is 19.2 Å². The number of nitrogens with zero attached hydrogens (tertiary/aromatic N) is 2. The van der Waals surface area contributed by atoms with Crippen LogP contribution in [0, 0.1) is 13.8 Å². The number of aromatic nitrogens is 2. The Bertz CT molecular complexity index is 617. The van der Waals surface area contributed by atoms with Crippen molar-refractivity contribution >= 4 is 5.97 Å². The Kier molecular flexibility index (Phi) is 3.55. The van der Waals surface area contributed by atoms with Crippen molar-refractivity contribution in [2.45, 2.75) is 20.3 Å². The first kappa shape index (κ1) is 13.1. The highest BCUT2D eigenvalue weighted by atomic mass is 16.5. The second-order valence-electron chi connectivity index (χ2n) is 4.42. The minimum absolute atomic E-state index is 0.0176. The van der Waals surface area contributed by atoms with Crippen molar-refractivity contribution < 1.29 is 14.6 Å². The molecule has 100 valence electrons. The van der Waals surface area contributed by atoms with Gasteiger partial charge in [0, 0.05) is 5.69 Å². The molecule has 2 aromatic rings. The number of aryl methyl sites for hydroxylation is 2. The van der Waals surface area contributed by atoms with Crippen LogP contribution in [-0.4, -0.2) is 28.0 Å². The van der Waals surface area contributed by atoms with Gasteiger partial charge in [0.1, 0.15) is 11.4 Å². The topological polar surface area (TPSA) is 64.3 Å². The van der Waals surface area contributed by atoms with Crippen LogP contribution < -0.4 is 4.74 Å². The lowest BCUT2D eigenvalue weighted by atomic mass is 10.1. The summed E-state index contributed by atoms with van der Waals surface area (Å²) in [5.41, 5.74) is 3.36. The van der Waals surface area contributed by atoms with E-state index in [4.69, 9.17) is 9.84 Å². The van der Waals surface area contributed by atoms with Gasteiger partial charge in [0.15, 0.2) is 0 Å². The minimum atomic E-state index is -0.857. The van der Waals surface area contributed by atoms with Crippen LogP contribution in [0.25, 0.3) is 5.69 Å². The second-order valence-corrected chi connectivity index (χ2v) is 4.42. The van der Waals surface area contributed by atoms with Crippen molar-refractivity contribution in [3.63, 3.8) is 0 Å². The van der Waals surface area contributed by atoms with E-state index < -0.39 is 5.97 Å². The third-order valence-corrected chi connectivity index (χ3v) is 2.84. The molecule has 0 amide bonds. The lowest BCUT2D eigenvalue weighted by molar-refractivity contribution is -0.136. The van der Waals surface area contributed by atoms with Crippen LogP contribution in [-0.2, 0) is 11.2 Å². The zero-order valence-electron chi connectivity index (χ0n) is 11.2. The monoisotopic (exact) mass is 260 g/mol. The summed E-state index contributed by atoms with van der Waals surface area (Å²) in [5, 5.41) is 13.3. The molecule has 1 aromatic carbocycles. The molecular weight excluding hydrogens is 244 g/mol. The molecule has 0 aliphatic rings. The van der Waals surface area contributed by atoms with Gasteiger partial charge < -0.3 is 9.84 Å². The van der Waals surface area contributed by atoms with Crippen LogP contribution in [0.15, 0.2) is 24.3 Å². The van der Waals surface area contributed by atoms with Crippen molar-refractivity contribution in [1.82, 2.24) is 9.78 Å². The van der Waals surface area contributed by atoms with E-state index in [-0.39, 0.29) is 6.42 Å². The maximum Gasteiger partial charge on any atom is 0.307 e. The summed E-state index contributed by atoms with van der Waals surface area (Å²) in [7, 11) is 1.58. The average molecular weight is 260 g/mol. The number of aliphatic carboxylic acids is 1. The van der Waals surface area contributed by atoms with Crippen LogP contribution in [0.3, 0.4) is 0 Å². The van der Waals surface area contributed by atoms with Gasteiger partial charge in [-0.15, -0.1) is 0 Å². The first-order chi connectivity index (χ1) is 9.01. The predicted molar refractivity (Wildman–Crippen MR) is 70.9 cm³/mol. The Hall–Kier alpha value is -2.30. The molecule has 0 radical (unpaired) electrons. The van der Waals surface area contributed by atoms with Gasteiger partial charge >= 0.3 is 5.97 Å². The van der Waals surface area contributed by atoms with Crippen LogP contribution in [0.4, 0.5) is 0 Å². The number of benzene rings is 1. The van der Waals surface area contributed by atoms with Crippen LogP contribution >= 0.6 is 0 Å². The fourth-order valence-electron chi connectivity index (χ4n) is 2.06. The Balaban J connectivity index is 2.53. The number of hydrogen-bond donors (Lipinski definition) is 1. The summed E-state index contributed by atoms with van der Waals surface area (Å²) >= 11 is 0. The summed E-state index contributed by atoms with van der Waals surface area (Å²) < 4.78 is 7.08. The quantitative estimate of drug-likeness (QED) is 0.914. The third kappa shape index (κ3) is 2.76. The summed E-state index contributed by atoms with van der Waals surface area (Å²) in [6.07, 6.45) is -0.0176. The standard InChI is InChI=1S/C14H16N2O3/c1-9-6-10(2)16(15-9)12-7-11(8-14(17)18)4-5-13(12)19-3/h4-7H,8H2,1-3H3,(H,17,18). The summed E-state index contributed by atoms with van der Waals surface area (Å²) in [4.78, 5) is 10.8. The average Bonchev–Trinajstić information content (AvgIpc) is 2.67. The fraction of sp³-hybridized carbons (Fsp3) is 0.286. The van der Waals surface area contributed by atoms with E-state index in [1.807, 2.05) is 19.9 Å². The molecule has 0 bridgehead atoms. The van der Waals surface area contributed by atoms with Gasteiger partial charge in [-0.2, -0.15) is 5.10 Å². The van der Waals surface area contributed by atoms with Gasteiger partial charge in [0.25, 0.3) is 0 Å². The highest BCUT2D eigenvalue weighted by Gasteiger charge is 2.11. The lowest BCUT2D eigenvalue weighted by Gasteiger charge is -2.11. The van der Waals surface area contributed by atoms with E-state index in [0.29, 0.717) is 5.75 Å². The van der Waals surface area contributed by atoms with E-state index in [1.54, 1.807) is 30.0 Å². The number of rotatable bonds is 4.